The van der Waals surface area contributed by atoms with Crippen molar-refractivity contribution in [2.75, 3.05) is 6.54 Å². The van der Waals surface area contributed by atoms with Gasteiger partial charge in [0.1, 0.15) is 0 Å². The number of fused-ring (bicyclic) bond motifs is 1. The van der Waals surface area contributed by atoms with Gasteiger partial charge in [-0.05, 0) is 23.9 Å². The predicted molar refractivity (Wildman–Crippen MR) is 73.7 cm³/mol. The van der Waals surface area contributed by atoms with Crippen molar-refractivity contribution in [1.82, 2.24) is 5.32 Å². The van der Waals surface area contributed by atoms with Crippen LogP contribution in [0.15, 0.2) is 30.3 Å². The number of carbonyl (C=O) groups excluding carboxylic acids is 1. The molecule has 2 aromatic rings. The molecule has 1 N–H and O–H groups in total. The highest BCUT2D eigenvalue weighted by Gasteiger charge is 2.08. The molecule has 1 aromatic carbocycles. The highest BCUT2D eigenvalue weighted by molar-refractivity contribution is 7.20. The van der Waals surface area contributed by atoms with Gasteiger partial charge in [-0.25, -0.2) is 0 Å². The van der Waals surface area contributed by atoms with E-state index in [1.165, 1.54) is 17.5 Å². The van der Waals surface area contributed by atoms with Gasteiger partial charge in [0.2, 0.25) is 0 Å². The van der Waals surface area contributed by atoms with Crippen LogP contribution < -0.4 is 5.32 Å². The van der Waals surface area contributed by atoms with Gasteiger partial charge in [-0.3, -0.25) is 4.79 Å². The maximum absolute atomic E-state index is 11.9. The number of nitrogens with one attached hydrogen (secondary N) is 1. The molecule has 2 rings (SSSR count). The van der Waals surface area contributed by atoms with E-state index >= 15 is 0 Å². The molecule has 0 unspecified atom stereocenters. The van der Waals surface area contributed by atoms with Crippen LogP contribution in [0.3, 0.4) is 0 Å². The summed E-state index contributed by atoms with van der Waals surface area (Å²) < 4.78 is 1.17. The van der Waals surface area contributed by atoms with E-state index in [0.29, 0.717) is 0 Å². The summed E-state index contributed by atoms with van der Waals surface area (Å²) in [6.07, 6.45) is 3.42. The lowest BCUT2D eigenvalue weighted by atomic mass is 10.2. The molecule has 0 aliphatic heterocycles. The molecule has 0 aliphatic rings. The molecule has 1 aromatic heterocycles. The minimum atomic E-state index is 0.0577. The van der Waals surface area contributed by atoms with Crippen LogP contribution in [-0.4, -0.2) is 12.5 Å². The van der Waals surface area contributed by atoms with Crippen molar-refractivity contribution in [3.05, 3.63) is 35.2 Å². The third-order valence-corrected chi connectivity index (χ3v) is 3.83. The minimum Gasteiger partial charge on any atom is -0.351 e. The Bertz CT molecular complexity index is 471. The minimum absolute atomic E-state index is 0.0577. The average molecular weight is 247 g/mol. The lowest BCUT2D eigenvalue weighted by Gasteiger charge is -2.01. The predicted octanol–water partition coefficient (Wildman–Crippen LogP) is 3.82. The Labute approximate surface area is 106 Å². The lowest BCUT2D eigenvalue weighted by molar-refractivity contribution is 0.0957. The molecule has 3 heteroatoms. The number of thiophene rings is 1. The van der Waals surface area contributed by atoms with E-state index in [9.17, 15) is 4.79 Å². The molecule has 0 saturated heterocycles. The van der Waals surface area contributed by atoms with E-state index in [1.807, 2.05) is 30.3 Å². The van der Waals surface area contributed by atoms with E-state index in [-0.39, 0.29) is 5.91 Å². The zero-order valence-corrected chi connectivity index (χ0v) is 10.8. The van der Waals surface area contributed by atoms with E-state index in [0.717, 1.165) is 23.2 Å². The van der Waals surface area contributed by atoms with Crippen LogP contribution in [0.25, 0.3) is 10.1 Å². The third kappa shape index (κ3) is 3.07. The van der Waals surface area contributed by atoms with E-state index < -0.39 is 0 Å². The molecule has 17 heavy (non-hydrogen) atoms. The summed E-state index contributed by atoms with van der Waals surface area (Å²) in [6, 6.07) is 10.1. The molecule has 0 spiro atoms. The van der Waals surface area contributed by atoms with Crippen molar-refractivity contribution >= 4 is 27.3 Å². The van der Waals surface area contributed by atoms with Crippen molar-refractivity contribution in [3.8, 4) is 0 Å². The van der Waals surface area contributed by atoms with Gasteiger partial charge >= 0.3 is 0 Å². The molecule has 0 fully saturated rings. The summed E-state index contributed by atoms with van der Waals surface area (Å²) in [5.41, 5.74) is 0. The first-order valence-electron chi connectivity index (χ1n) is 6.08. The van der Waals surface area contributed by atoms with Crippen LogP contribution in [0, 0.1) is 0 Å². The molecule has 1 amide bonds. The third-order valence-electron chi connectivity index (χ3n) is 2.72. The van der Waals surface area contributed by atoms with Gasteiger partial charge in [0.15, 0.2) is 0 Å². The second-order valence-electron chi connectivity index (χ2n) is 4.11. The van der Waals surface area contributed by atoms with Crippen LogP contribution in [0.1, 0.15) is 35.9 Å². The number of unbranched alkanes of at least 4 members (excludes halogenated alkanes) is 2. The highest BCUT2D eigenvalue weighted by Crippen LogP contribution is 2.24. The lowest BCUT2D eigenvalue weighted by Crippen LogP contribution is -2.23. The first kappa shape index (κ1) is 12.1. The largest absolute Gasteiger partial charge is 0.351 e. The zero-order chi connectivity index (χ0) is 12.1. The Morgan fingerprint density at radius 1 is 1.29 bits per heavy atom. The van der Waals surface area contributed by atoms with Crippen LogP contribution in [0.2, 0.25) is 0 Å². The van der Waals surface area contributed by atoms with Crippen molar-refractivity contribution in [2.45, 2.75) is 26.2 Å². The van der Waals surface area contributed by atoms with Crippen molar-refractivity contribution in [2.24, 2.45) is 0 Å². The molecule has 1 heterocycles. The molecular formula is C14H17NOS. The second kappa shape index (κ2) is 5.82. The Balaban J connectivity index is 1.99. The monoisotopic (exact) mass is 247 g/mol. The summed E-state index contributed by atoms with van der Waals surface area (Å²) in [6.45, 7) is 2.94. The fraction of sp³-hybridized carbons (Fsp3) is 0.357. The molecule has 2 nitrogen and oxygen atoms in total. The average Bonchev–Trinajstić information content (AvgIpc) is 2.78. The Morgan fingerprint density at radius 3 is 2.88 bits per heavy atom. The number of hydrogen-bond donors (Lipinski definition) is 1. The number of benzene rings is 1. The zero-order valence-electron chi connectivity index (χ0n) is 10.0. The Hall–Kier alpha value is -1.35. The molecule has 0 bridgehead atoms. The quantitative estimate of drug-likeness (QED) is 0.799. The molecule has 0 radical (unpaired) electrons. The van der Waals surface area contributed by atoms with E-state index in [1.54, 1.807) is 11.3 Å². The standard InChI is InChI=1S/C14H17NOS/c1-2-3-6-9-15-14(16)13-10-11-7-4-5-8-12(11)17-13/h4-5,7-8,10H,2-3,6,9H2,1H3,(H,15,16). The summed E-state index contributed by atoms with van der Waals surface area (Å²) in [5.74, 6) is 0.0577. The van der Waals surface area contributed by atoms with Gasteiger partial charge in [-0.2, -0.15) is 0 Å². The summed E-state index contributed by atoms with van der Waals surface area (Å²) in [7, 11) is 0. The highest BCUT2D eigenvalue weighted by atomic mass is 32.1. The van der Waals surface area contributed by atoms with Crippen molar-refractivity contribution in [1.29, 1.82) is 0 Å². The number of hydrogen-bond acceptors (Lipinski definition) is 2. The van der Waals surface area contributed by atoms with Gasteiger partial charge in [-0.1, -0.05) is 38.0 Å². The van der Waals surface area contributed by atoms with E-state index in [4.69, 9.17) is 0 Å². The van der Waals surface area contributed by atoms with Crippen LogP contribution in [0.4, 0.5) is 0 Å². The maximum Gasteiger partial charge on any atom is 0.261 e. The smallest absolute Gasteiger partial charge is 0.261 e. The summed E-state index contributed by atoms with van der Waals surface area (Å²) in [5, 5.41) is 4.12. The van der Waals surface area contributed by atoms with Gasteiger partial charge in [-0.15, -0.1) is 11.3 Å². The van der Waals surface area contributed by atoms with Gasteiger partial charge in [0.05, 0.1) is 4.88 Å². The van der Waals surface area contributed by atoms with Gasteiger partial charge < -0.3 is 5.32 Å². The molecule has 90 valence electrons. The molecular weight excluding hydrogens is 230 g/mol. The Morgan fingerprint density at radius 2 is 2.12 bits per heavy atom. The summed E-state index contributed by atoms with van der Waals surface area (Å²) in [4.78, 5) is 12.7. The molecule has 0 aliphatic carbocycles. The topological polar surface area (TPSA) is 29.1 Å². The van der Waals surface area contributed by atoms with Gasteiger partial charge in [0.25, 0.3) is 5.91 Å². The first-order valence-corrected chi connectivity index (χ1v) is 6.89. The van der Waals surface area contributed by atoms with Crippen LogP contribution in [0.5, 0.6) is 0 Å². The first-order chi connectivity index (χ1) is 8.31. The molecule has 0 atom stereocenters. The number of amides is 1. The second-order valence-corrected chi connectivity index (χ2v) is 5.20. The number of rotatable bonds is 5. The SMILES string of the molecule is CCCCCNC(=O)c1cc2ccccc2s1. The normalized spacial score (nSPS) is 10.6. The fourth-order valence-corrected chi connectivity index (χ4v) is 2.74. The summed E-state index contributed by atoms with van der Waals surface area (Å²) >= 11 is 1.56. The van der Waals surface area contributed by atoms with E-state index in [2.05, 4.69) is 12.2 Å². The van der Waals surface area contributed by atoms with Crippen molar-refractivity contribution < 1.29 is 4.79 Å². The van der Waals surface area contributed by atoms with Gasteiger partial charge in [0, 0.05) is 11.2 Å². The van der Waals surface area contributed by atoms with Crippen molar-refractivity contribution in [3.63, 3.8) is 0 Å². The van der Waals surface area contributed by atoms with Crippen LogP contribution in [-0.2, 0) is 0 Å². The van der Waals surface area contributed by atoms with Crippen LogP contribution >= 0.6 is 11.3 Å². The maximum atomic E-state index is 11.9. The fourth-order valence-electron chi connectivity index (χ4n) is 1.76. The molecule has 0 saturated carbocycles. The number of carbonyl (C=O) groups is 1. The Kier molecular flexibility index (Phi) is 4.15.